The molecule has 4 nitrogen and oxygen atoms in total. The fourth-order valence-corrected chi connectivity index (χ4v) is 0.929. The van der Waals surface area contributed by atoms with Crippen molar-refractivity contribution in [1.29, 1.82) is 0 Å². The van der Waals surface area contributed by atoms with Gasteiger partial charge in [0, 0.05) is 0 Å². The SMILES string of the molecule is O=C(COC(=O)C(F)(F)F)N1CC(F)C1. The first-order valence-electron chi connectivity index (χ1n) is 3.96. The number of ether oxygens (including phenoxy) is 1. The van der Waals surface area contributed by atoms with Gasteiger partial charge in [0.25, 0.3) is 5.91 Å². The lowest BCUT2D eigenvalue weighted by atomic mass is 10.2. The number of esters is 1. The number of likely N-dealkylation sites (tertiary alicyclic amines) is 1. The predicted octanol–water partition coefficient (Wildman–Crippen LogP) is 0.272. The van der Waals surface area contributed by atoms with Crippen LogP contribution in [-0.4, -0.2) is 48.8 Å². The number of rotatable bonds is 2. The third-order valence-corrected chi connectivity index (χ3v) is 1.75. The highest BCUT2D eigenvalue weighted by atomic mass is 19.4. The molecule has 1 rings (SSSR count). The molecule has 0 aromatic carbocycles. The van der Waals surface area contributed by atoms with Gasteiger partial charge in [0.2, 0.25) is 0 Å². The summed E-state index contributed by atoms with van der Waals surface area (Å²) in [6.45, 7) is -1.34. The lowest BCUT2D eigenvalue weighted by molar-refractivity contribution is -0.201. The fraction of sp³-hybridized carbons (Fsp3) is 0.714. The Morgan fingerprint density at radius 3 is 2.27 bits per heavy atom. The summed E-state index contributed by atoms with van der Waals surface area (Å²) in [4.78, 5) is 22.1. The van der Waals surface area contributed by atoms with Crippen LogP contribution < -0.4 is 0 Å². The lowest BCUT2D eigenvalue weighted by Crippen LogP contribution is -2.53. The van der Waals surface area contributed by atoms with Crippen molar-refractivity contribution in [1.82, 2.24) is 4.90 Å². The highest BCUT2D eigenvalue weighted by molar-refractivity contribution is 5.82. The molecule has 0 radical (unpaired) electrons. The molecule has 0 N–H and O–H groups in total. The summed E-state index contributed by atoms with van der Waals surface area (Å²) in [5.74, 6) is -3.25. The second-order valence-corrected chi connectivity index (χ2v) is 2.97. The summed E-state index contributed by atoms with van der Waals surface area (Å²) in [6.07, 6.45) is -6.26. The largest absolute Gasteiger partial charge is 0.490 e. The molecule has 0 unspecified atom stereocenters. The van der Waals surface area contributed by atoms with E-state index in [1.807, 2.05) is 0 Å². The van der Waals surface area contributed by atoms with Crippen molar-refractivity contribution in [2.24, 2.45) is 0 Å². The maximum Gasteiger partial charge on any atom is 0.490 e. The van der Waals surface area contributed by atoms with E-state index in [1.165, 1.54) is 0 Å². The Labute approximate surface area is 81.8 Å². The van der Waals surface area contributed by atoms with E-state index in [4.69, 9.17) is 0 Å². The van der Waals surface area contributed by atoms with Gasteiger partial charge in [0.1, 0.15) is 6.17 Å². The zero-order chi connectivity index (χ0) is 11.6. The first-order valence-corrected chi connectivity index (χ1v) is 3.96. The van der Waals surface area contributed by atoms with Gasteiger partial charge in [-0.3, -0.25) is 4.79 Å². The van der Waals surface area contributed by atoms with Crippen molar-refractivity contribution in [3.8, 4) is 0 Å². The molecule has 0 aromatic heterocycles. The van der Waals surface area contributed by atoms with E-state index in [1.54, 1.807) is 0 Å². The van der Waals surface area contributed by atoms with Crippen molar-refractivity contribution < 1.29 is 31.9 Å². The number of amides is 1. The van der Waals surface area contributed by atoms with Crippen LogP contribution in [0.15, 0.2) is 0 Å². The topological polar surface area (TPSA) is 46.6 Å². The van der Waals surface area contributed by atoms with Crippen molar-refractivity contribution in [2.75, 3.05) is 19.7 Å². The summed E-state index contributed by atoms with van der Waals surface area (Å²) in [7, 11) is 0. The maximum absolute atomic E-state index is 12.2. The van der Waals surface area contributed by atoms with Gasteiger partial charge in [-0.05, 0) is 0 Å². The zero-order valence-electron chi connectivity index (χ0n) is 7.38. The lowest BCUT2D eigenvalue weighted by Gasteiger charge is -2.33. The Hall–Kier alpha value is -1.34. The van der Waals surface area contributed by atoms with Gasteiger partial charge >= 0.3 is 12.1 Å². The predicted molar refractivity (Wildman–Crippen MR) is 38.5 cm³/mol. The third-order valence-electron chi connectivity index (χ3n) is 1.75. The van der Waals surface area contributed by atoms with Crippen LogP contribution in [0.3, 0.4) is 0 Å². The van der Waals surface area contributed by atoms with Gasteiger partial charge in [-0.25, -0.2) is 9.18 Å². The molecule has 0 spiro atoms. The summed E-state index contributed by atoms with van der Waals surface area (Å²) in [5, 5.41) is 0. The van der Waals surface area contributed by atoms with Gasteiger partial charge in [0.15, 0.2) is 6.61 Å². The molecule has 0 aliphatic carbocycles. The van der Waals surface area contributed by atoms with Crippen LogP contribution in [0.5, 0.6) is 0 Å². The van der Waals surface area contributed by atoms with Crippen LogP contribution in [0.4, 0.5) is 17.6 Å². The molecule has 86 valence electrons. The van der Waals surface area contributed by atoms with E-state index >= 15 is 0 Å². The van der Waals surface area contributed by atoms with E-state index in [2.05, 4.69) is 4.74 Å². The quantitative estimate of drug-likeness (QED) is 0.504. The van der Waals surface area contributed by atoms with Crippen LogP contribution in [0, 0.1) is 0 Å². The molecule has 1 amide bonds. The maximum atomic E-state index is 12.2. The first kappa shape index (κ1) is 11.7. The number of halogens is 4. The van der Waals surface area contributed by atoms with Crippen molar-refractivity contribution in [2.45, 2.75) is 12.3 Å². The number of hydrogen-bond acceptors (Lipinski definition) is 3. The number of carbonyl (C=O) groups excluding carboxylic acids is 2. The second kappa shape index (κ2) is 4.03. The van der Waals surface area contributed by atoms with Crippen LogP contribution >= 0.6 is 0 Å². The highest BCUT2D eigenvalue weighted by Crippen LogP contribution is 2.17. The fourth-order valence-electron chi connectivity index (χ4n) is 0.929. The van der Waals surface area contributed by atoms with Crippen molar-refractivity contribution in [3.63, 3.8) is 0 Å². The molecule has 1 fully saturated rings. The Morgan fingerprint density at radius 1 is 1.33 bits per heavy atom. The Kier molecular flexibility index (Phi) is 3.15. The van der Waals surface area contributed by atoms with E-state index < -0.39 is 30.8 Å². The minimum absolute atomic E-state index is 0.164. The summed E-state index contributed by atoms with van der Waals surface area (Å²) < 4.78 is 50.7. The van der Waals surface area contributed by atoms with E-state index in [9.17, 15) is 27.2 Å². The van der Waals surface area contributed by atoms with Gasteiger partial charge in [0.05, 0.1) is 13.1 Å². The van der Waals surface area contributed by atoms with Crippen molar-refractivity contribution >= 4 is 11.9 Å². The normalized spacial score (nSPS) is 17.2. The van der Waals surface area contributed by atoms with Crippen LogP contribution in [0.25, 0.3) is 0 Å². The minimum Gasteiger partial charge on any atom is -0.449 e. The molecule has 1 heterocycles. The van der Waals surface area contributed by atoms with Crippen LogP contribution in [-0.2, 0) is 14.3 Å². The summed E-state index contributed by atoms with van der Waals surface area (Å²) >= 11 is 0. The van der Waals surface area contributed by atoms with Gasteiger partial charge < -0.3 is 9.64 Å². The van der Waals surface area contributed by atoms with Crippen LogP contribution in [0.1, 0.15) is 0 Å². The minimum atomic E-state index is -5.11. The Balaban J connectivity index is 2.26. The summed E-state index contributed by atoms with van der Waals surface area (Å²) in [5.41, 5.74) is 0. The highest BCUT2D eigenvalue weighted by Gasteiger charge is 2.41. The molecule has 1 saturated heterocycles. The van der Waals surface area contributed by atoms with Gasteiger partial charge in [-0.2, -0.15) is 13.2 Å². The Morgan fingerprint density at radius 2 is 1.87 bits per heavy atom. The average Bonchev–Trinajstić information content (AvgIpc) is 2.06. The van der Waals surface area contributed by atoms with Gasteiger partial charge in [-0.15, -0.1) is 0 Å². The molecule has 1 aliphatic rings. The molecule has 0 saturated carbocycles. The molecular weight excluding hydrogens is 222 g/mol. The van der Waals surface area contributed by atoms with E-state index in [-0.39, 0.29) is 13.1 Å². The smallest absolute Gasteiger partial charge is 0.449 e. The number of hydrogen-bond donors (Lipinski definition) is 0. The number of nitrogens with zero attached hydrogens (tertiary/aromatic N) is 1. The Bertz CT molecular complexity index is 272. The third kappa shape index (κ3) is 3.07. The average molecular weight is 229 g/mol. The summed E-state index contributed by atoms with van der Waals surface area (Å²) in [6, 6.07) is 0. The van der Waals surface area contributed by atoms with E-state index in [0.29, 0.717) is 0 Å². The molecule has 1 aliphatic heterocycles. The molecule has 0 atom stereocenters. The number of alkyl halides is 4. The van der Waals surface area contributed by atoms with Crippen molar-refractivity contribution in [3.05, 3.63) is 0 Å². The first-order chi connectivity index (χ1) is 6.80. The molecule has 0 bridgehead atoms. The van der Waals surface area contributed by atoms with E-state index in [0.717, 1.165) is 4.90 Å². The molecule has 8 heteroatoms. The second-order valence-electron chi connectivity index (χ2n) is 2.97. The van der Waals surface area contributed by atoms with Gasteiger partial charge in [-0.1, -0.05) is 0 Å². The standard InChI is InChI=1S/C7H7F4NO3/c8-4-1-12(2-4)5(13)3-15-6(14)7(9,10)11/h4H,1-3H2. The number of carbonyl (C=O) groups is 2. The molecule has 0 aromatic rings. The van der Waals surface area contributed by atoms with Crippen LogP contribution in [0.2, 0.25) is 0 Å². The molecule has 15 heavy (non-hydrogen) atoms. The monoisotopic (exact) mass is 229 g/mol. The molecular formula is C7H7F4NO3. The zero-order valence-corrected chi connectivity index (χ0v) is 7.38.